The van der Waals surface area contributed by atoms with Crippen LogP contribution >= 0.6 is 0 Å². The summed E-state index contributed by atoms with van der Waals surface area (Å²) in [5, 5.41) is 8.96. The molecule has 0 bridgehead atoms. The van der Waals surface area contributed by atoms with Gasteiger partial charge in [0.2, 0.25) is 0 Å². The average molecular weight is 274 g/mol. The lowest BCUT2D eigenvalue weighted by atomic mass is 10.2. The van der Waals surface area contributed by atoms with Gasteiger partial charge in [-0.25, -0.2) is 9.78 Å². The Bertz CT molecular complexity index is 719. The van der Waals surface area contributed by atoms with Crippen molar-refractivity contribution in [1.29, 1.82) is 0 Å². The Labute approximate surface area is 114 Å². The van der Waals surface area contributed by atoms with E-state index in [2.05, 4.69) is 4.98 Å². The van der Waals surface area contributed by atoms with Crippen LogP contribution in [-0.4, -0.2) is 27.2 Å². The normalized spacial score (nSPS) is 11.1. The smallest absolute Gasteiger partial charge is 0.329 e. The molecule has 0 atom stereocenters. The lowest BCUT2D eigenvalue weighted by Crippen LogP contribution is -2.16. The van der Waals surface area contributed by atoms with Gasteiger partial charge in [0.15, 0.2) is 0 Å². The first-order valence-corrected chi connectivity index (χ1v) is 6.16. The second-order valence-corrected chi connectivity index (χ2v) is 4.14. The Balaban J connectivity index is 2.47. The third-order valence-electron chi connectivity index (χ3n) is 2.60. The maximum atomic E-state index is 12.2. The molecule has 6 nitrogen and oxygen atoms in total. The number of ether oxygens (including phenoxy) is 1. The van der Waals surface area contributed by atoms with Crippen molar-refractivity contribution in [3.63, 3.8) is 0 Å². The van der Waals surface area contributed by atoms with Gasteiger partial charge in [-0.15, -0.1) is 0 Å². The molecule has 0 radical (unpaired) electrons. The molecule has 0 aliphatic heterocycles. The van der Waals surface area contributed by atoms with Crippen LogP contribution < -0.4 is 10.3 Å². The number of carbonyl (C=O) groups is 1. The Hall–Kier alpha value is -2.63. The number of aromatic nitrogens is 2. The van der Waals surface area contributed by atoms with Gasteiger partial charge in [0.25, 0.3) is 5.56 Å². The number of carboxylic acids is 1. The highest BCUT2D eigenvalue weighted by Crippen LogP contribution is 2.16. The lowest BCUT2D eigenvalue weighted by molar-refractivity contribution is -0.131. The average Bonchev–Trinajstić information content (AvgIpc) is 2.44. The number of aliphatic carboxylic acids is 1. The van der Waals surface area contributed by atoms with E-state index in [4.69, 9.17) is 9.84 Å². The number of rotatable bonds is 5. The number of fused-ring (bicyclic) bond motifs is 1. The zero-order chi connectivity index (χ0) is 14.5. The molecule has 1 aromatic carbocycles. The van der Waals surface area contributed by atoms with Gasteiger partial charge in [-0.2, -0.15) is 0 Å². The first-order chi connectivity index (χ1) is 9.61. The van der Waals surface area contributed by atoms with Crippen LogP contribution in [0.1, 0.15) is 13.3 Å². The van der Waals surface area contributed by atoms with Crippen molar-refractivity contribution in [2.75, 3.05) is 6.61 Å². The Kier molecular flexibility index (Phi) is 4.14. The minimum absolute atomic E-state index is 0.338. The molecular formula is C14H14N2O4. The van der Waals surface area contributed by atoms with Crippen molar-refractivity contribution in [2.45, 2.75) is 13.3 Å². The van der Waals surface area contributed by atoms with Crippen LogP contribution in [0.5, 0.6) is 5.75 Å². The van der Waals surface area contributed by atoms with Crippen LogP contribution in [0.25, 0.3) is 17.1 Å². The highest BCUT2D eigenvalue weighted by Gasteiger charge is 2.04. The molecule has 2 rings (SSSR count). The quantitative estimate of drug-likeness (QED) is 0.840. The molecular weight excluding hydrogens is 260 g/mol. The highest BCUT2D eigenvalue weighted by molar-refractivity contribution is 5.83. The molecule has 20 heavy (non-hydrogen) atoms. The van der Waals surface area contributed by atoms with Gasteiger partial charge in [0.1, 0.15) is 12.1 Å². The molecule has 1 heterocycles. The molecule has 0 aliphatic rings. The fourth-order valence-electron chi connectivity index (χ4n) is 1.67. The van der Waals surface area contributed by atoms with Crippen molar-refractivity contribution < 1.29 is 14.6 Å². The van der Waals surface area contributed by atoms with Gasteiger partial charge in [0.05, 0.1) is 17.5 Å². The molecule has 0 unspecified atom stereocenters. The van der Waals surface area contributed by atoms with Crippen LogP contribution in [0.2, 0.25) is 0 Å². The summed E-state index contributed by atoms with van der Waals surface area (Å²) in [6, 6.07) is 5.07. The van der Waals surface area contributed by atoms with Crippen molar-refractivity contribution in [1.82, 2.24) is 9.55 Å². The van der Waals surface area contributed by atoms with Gasteiger partial charge in [-0.05, 0) is 24.6 Å². The maximum Gasteiger partial charge on any atom is 0.329 e. The first kappa shape index (κ1) is 13.8. The van der Waals surface area contributed by atoms with Crippen molar-refractivity contribution in [2.24, 2.45) is 0 Å². The van der Waals surface area contributed by atoms with Gasteiger partial charge in [-0.3, -0.25) is 9.36 Å². The van der Waals surface area contributed by atoms with Crippen molar-refractivity contribution in [3.05, 3.63) is 41.0 Å². The third kappa shape index (κ3) is 3.03. The Morgan fingerprint density at radius 2 is 2.30 bits per heavy atom. The summed E-state index contributed by atoms with van der Waals surface area (Å²) in [7, 11) is 0. The van der Waals surface area contributed by atoms with E-state index >= 15 is 0 Å². The van der Waals surface area contributed by atoms with E-state index in [1.165, 1.54) is 6.33 Å². The van der Waals surface area contributed by atoms with Crippen LogP contribution in [0.15, 0.2) is 35.4 Å². The van der Waals surface area contributed by atoms with E-state index in [9.17, 15) is 9.59 Å². The summed E-state index contributed by atoms with van der Waals surface area (Å²) in [6.07, 6.45) is 4.20. The van der Waals surface area contributed by atoms with Crippen LogP contribution in [0.4, 0.5) is 0 Å². The van der Waals surface area contributed by atoms with Crippen LogP contribution in [-0.2, 0) is 4.79 Å². The molecule has 2 aromatic rings. The molecule has 0 saturated heterocycles. The minimum atomic E-state index is -1.13. The fraction of sp³-hybridized carbons (Fsp3) is 0.214. The van der Waals surface area contributed by atoms with Crippen LogP contribution in [0, 0.1) is 0 Å². The van der Waals surface area contributed by atoms with Crippen molar-refractivity contribution in [3.8, 4) is 5.75 Å². The van der Waals surface area contributed by atoms with E-state index in [0.717, 1.165) is 23.3 Å². The summed E-state index contributed by atoms with van der Waals surface area (Å²) >= 11 is 0. The number of hydrogen-bond donors (Lipinski definition) is 1. The number of nitrogens with zero attached hydrogens (tertiary/aromatic N) is 2. The van der Waals surface area contributed by atoms with Crippen LogP contribution in [0.3, 0.4) is 0 Å². The SMILES string of the molecule is CCCOc1ccc2ncn(C=CC(=O)O)c(=O)c2c1. The molecule has 104 valence electrons. The molecule has 0 spiro atoms. The largest absolute Gasteiger partial charge is 0.494 e. The van der Waals surface area contributed by atoms with E-state index < -0.39 is 5.97 Å². The Morgan fingerprint density at radius 1 is 1.50 bits per heavy atom. The molecule has 0 amide bonds. The monoisotopic (exact) mass is 274 g/mol. The lowest BCUT2D eigenvalue weighted by Gasteiger charge is -2.06. The molecule has 0 saturated carbocycles. The number of benzene rings is 1. The highest BCUT2D eigenvalue weighted by atomic mass is 16.5. The molecule has 1 N–H and O–H groups in total. The predicted octanol–water partition coefficient (Wildman–Crippen LogP) is 1.74. The van der Waals surface area contributed by atoms with E-state index in [1.807, 2.05) is 6.92 Å². The summed E-state index contributed by atoms with van der Waals surface area (Å²) in [5.74, 6) is -0.532. The van der Waals surface area contributed by atoms with Gasteiger partial charge in [0, 0.05) is 12.3 Å². The standard InChI is InChI=1S/C14H14N2O4/c1-2-7-20-10-3-4-12-11(8-10)14(19)16(9-15-12)6-5-13(17)18/h3-6,8-9H,2,7H2,1H3,(H,17,18). The number of hydrogen-bond acceptors (Lipinski definition) is 4. The summed E-state index contributed by atoms with van der Waals surface area (Å²) in [5.41, 5.74) is 0.202. The molecule has 6 heteroatoms. The van der Waals surface area contributed by atoms with Crippen molar-refractivity contribution >= 4 is 23.1 Å². The predicted molar refractivity (Wildman–Crippen MR) is 74.8 cm³/mol. The summed E-state index contributed by atoms with van der Waals surface area (Å²) in [6.45, 7) is 2.56. The third-order valence-corrected chi connectivity index (χ3v) is 2.60. The zero-order valence-electron chi connectivity index (χ0n) is 10.9. The second-order valence-electron chi connectivity index (χ2n) is 4.14. The second kappa shape index (κ2) is 6.01. The van der Waals surface area contributed by atoms with E-state index in [0.29, 0.717) is 23.3 Å². The van der Waals surface area contributed by atoms with Gasteiger partial charge in [-0.1, -0.05) is 6.92 Å². The van der Waals surface area contributed by atoms with Gasteiger partial charge < -0.3 is 9.84 Å². The van der Waals surface area contributed by atoms with E-state index in [-0.39, 0.29) is 5.56 Å². The van der Waals surface area contributed by atoms with E-state index in [1.54, 1.807) is 18.2 Å². The summed E-state index contributed by atoms with van der Waals surface area (Å²) in [4.78, 5) is 26.8. The molecule has 0 aliphatic carbocycles. The zero-order valence-corrected chi connectivity index (χ0v) is 10.9. The molecule has 0 fully saturated rings. The number of carboxylic acid groups (broad SMARTS) is 1. The first-order valence-electron chi connectivity index (χ1n) is 6.16. The Morgan fingerprint density at radius 3 is 3.00 bits per heavy atom. The molecule has 1 aromatic heterocycles. The fourth-order valence-corrected chi connectivity index (χ4v) is 1.67. The summed E-state index contributed by atoms with van der Waals surface area (Å²) < 4.78 is 6.59. The topological polar surface area (TPSA) is 81.4 Å². The minimum Gasteiger partial charge on any atom is -0.494 e. The van der Waals surface area contributed by atoms with Gasteiger partial charge >= 0.3 is 5.97 Å². The maximum absolute atomic E-state index is 12.2.